The van der Waals surface area contributed by atoms with Crippen LogP contribution in [0.5, 0.6) is 11.5 Å². The molecule has 9 heteroatoms. The maximum atomic E-state index is 13.4. The van der Waals surface area contributed by atoms with E-state index in [1.165, 1.54) is 0 Å². The molecule has 112 valence electrons. The molecule has 6 nitrogen and oxygen atoms in total. The fourth-order valence-electron chi connectivity index (χ4n) is 1.64. The lowest BCUT2D eigenvalue weighted by Gasteiger charge is -2.09. The minimum Gasteiger partial charge on any atom is -0.503 e. The first-order valence-corrected chi connectivity index (χ1v) is 6.94. The average Bonchev–Trinajstić information content (AvgIpc) is 2.40. The molecule has 0 bridgehead atoms. The second-order valence-corrected chi connectivity index (χ2v) is 6.14. The van der Waals surface area contributed by atoms with Crippen LogP contribution in [-0.2, 0) is 9.84 Å². The Kier molecular flexibility index (Phi) is 3.38. The standard InChI is InChI=1S/C12H10F2N2O4S/c13-7-1-5(3-9(15)11(7)17)21(19,20)6-2-8(14)12(18)10(16)4-6/h1-4,17-18H,15-16H2. The van der Waals surface area contributed by atoms with E-state index in [-0.39, 0.29) is 0 Å². The zero-order valence-electron chi connectivity index (χ0n) is 10.3. The zero-order valence-corrected chi connectivity index (χ0v) is 11.2. The van der Waals surface area contributed by atoms with E-state index in [9.17, 15) is 27.4 Å². The summed E-state index contributed by atoms with van der Waals surface area (Å²) in [6.07, 6.45) is 0. The van der Waals surface area contributed by atoms with Gasteiger partial charge in [-0.05, 0) is 24.3 Å². The van der Waals surface area contributed by atoms with E-state index >= 15 is 0 Å². The summed E-state index contributed by atoms with van der Waals surface area (Å²) in [6.45, 7) is 0. The van der Waals surface area contributed by atoms with Crippen LogP contribution in [-0.4, -0.2) is 18.6 Å². The molecular weight excluding hydrogens is 306 g/mol. The monoisotopic (exact) mass is 316 g/mol. The van der Waals surface area contributed by atoms with E-state index in [4.69, 9.17) is 11.5 Å². The molecule has 0 unspecified atom stereocenters. The molecule has 0 aliphatic carbocycles. The third-order valence-corrected chi connectivity index (χ3v) is 4.47. The number of phenols is 2. The minimum atomic E-state index is -4.32. The van der Waals surface area contributed by atoms with Crippen molar-refractivity contribution in [3.63, 3.8) is 0 Å². The fraction of sp³-hybridized carbons (Fsp3) is 0. The molecule has 0 heterocycles. The van der Waals surface area contributed by atoms with Gasteiger partial charge in [0.15, 0.2) is 23.1 Å². The lowest BCUT2D eigenvalue weighted by Crippen LogP contribution is -2.05. The van der Waals surface area contributed by atoms with Crippen molar-refractivity contribution in [3.8, 4) is 11.5 Å². The quantitative estimate of drug-likeness (QED) is 0.489. The molecule has 0 fully saturated rings. The number of halogens is 2. The molecule has 0 aliphatic rings. The van der Waals surface area contributed by atoms with Crippen molar-refractivity contribution >= 4 is 21.2 Å². The van der Waals surface area contributed by atoms with Crippen LogP contribution in [0.2, 0.25) is 0 Å². The van der Waals surface area contributed by atoms with E-state index in [1.807, 2.05) is 0 Å². The molecule has 21 heavy (non-hydrogen) atoms. The number of phenolic OH excluding ortho intramolecular Hbond substituents is 2. The van der Waals surface area contributed by atoms with Crippen molar-refractivity contribution in [1.82, 2.24) is 0 Å². The summed E-state index contributed by atoms with van der Waals surface area (Å²) in [5.74, 6) is -4.24. The van der Waals surface area contributed by atoms with E-state index in [1.54, 1.807) is 0 Å². The molecule has 0 amide bonds. The Morgan fingerprint density at radius 3 is 1.43 bits per heavy atom. The van der Waals surface area contributed by atoms with Crippen LogP contribution in [0.25, 0.3) is 0 Å². The predicted octanol–water partition coefficient (Wildman–Crippen LogP) is 1.37. The van der Waals surface area contributed by atoms with Gasteiger partial charge in [-0.1, -0.05) is 0 Å². The summed E-state index contributed by atoms with van der Waals surface area (Å²) >= 11 is 0. The number of nitrogens with two attached hydrogens (primary N) is 2. The number of rotatable bonds is 2. The molecule has 0 aliphatic heterocycles. The summed E-state index contributed by atoms with van der Waals surface area (Å²) < 4.78 is 51.3. The summed E-state index contributed by atoms with van der Waals surface area (Å²) in [5.41, 5.74) is 9.60. The molecule has 2 aromatic carbocycles. The number of nitrogen functional groups attached to an aromatic ring is 2. The summed E-state index contributed by atoms with van der Waals surface area (Å²) in [5, 5.41) is 18.4. The Labute approximate surface area is 118 Å². The van der Waals surface area contributed by atoms with Gasteiger partial charge in [0, 0.05) is 0 Å². The summed E-state index contributed by atoms with van der Waals surface area (Å²) in [4.78, 5) is -1.17. The second-order valence-electron chi connectivity index (χ2n) is 4.19. The maximum absolute atomic E-state index is 13.4. The average molecular weight is 316 g/mol. The molecule has 0 spiro atoms. The lowest BCUT2D eigenvalue weighted by atomic mass is 10.3. The number of sulfone groups is 1. The molecule has 6 N–H and O–H groups in total. The SMILES string of the molecule is Nc1cc(S(=O)(=O)c2cc(N)c(O)c(F)c2)cc(F)c1O. The van der Waals surface area contributed by atoms with Gasteiger partial charge in [-0.2, -0.15) is 0 Å². The predicted molar refractivity (Wildman–Crippen MR) is 70.4 cm³/mol. The van der Waals surface area contributed by atoms with Gasteiger partial charge in [-0.15, -0.1) is 0 Å². The van der Waals surface area contributed by atoms with E-state index in [2.05, 4.69) is 0 Å². The van der Waals surface area contributed by atoms with Crippen molar-refractivity contribution in [2.24, 2.45) is 0 Å². The third kappa shape index (κ3) is 2.42. The van der Waals surface area contributed by atoms with Crippen molar-refractivity contribution in [3.05, 3.63) is 35.9 Å². The second kappa shape index (κ2) is 4.77. The zero-order chi connectivity index (χ0) is 15.9. The van der Waals surface area contributed by atoms with Crippen molar-refractivity contribution in [2.75, 3.05) is 11.5 Å². The van der Waals surface area contributed by atoms with Crippen LogP contribution in [0.1, 0.15) is 0 Å². The number of hydrogen-bond donors (Lipinski definition) is 4. The highest BCUT2D eigenvalue weighted by atomic mass is 32.2. The first kappa shape index (κ1) is 14.9. The van der Waals surface area contributed by atoms with Crippen LogP contribution in [0.3, 0.4) is 0 Å². The van der Waals surface area contributed by atoms with Crippen LogP contribution >= 0.6 is 0 Å². The molecule has 0 saturated heterocycles. The fourth-order valence-corrected chi connectivity index (χ4v) is 2.99. The van der Waals surface area contributed by atoms with Gasteiger partial charge in [0.1, 0.15) is 0 Å². The van der Waals surface area contributed by atoms with E-state index in [0.717, 1.165) is 12.1 Å². The van der Waals surface area contributed by atoms with Crippen molar-refractivity contribution in [2.45, 2.75) is 9.79 Å². The van der Waals surface area contributed by atoms with Gasteiger partial charge in [0.05, 0.1) is 21.2 Å². The molecule has 2 aromatic rings. The third-order valence-electron chi connectivity index (χ3n) is 2.75. The number of aromatic hydroxyl groups is 2. The normalized spacial score (nSPS) is 11.5. The van der Waals surface area contributed by atoms with Gasteiger partial charge in [-0.3, -0.25) is 0 Å². The van der Waals surface area contributed by atoms with Crippen LogP contribution in [0.4, 0.5) is 20.2 Å². The molecule has 0 aromatic heterocycles. The Hall–Kier alpha value is -2.55. The minimum absolute atomic E-state index is 0.485. The van der Waals surface area contributed by atoms with E-state index < -0.39 is 54.1 Å². The first-order valence-electron chi connectivity index (χ1n) is 5.45. The highest BCUT2D eigenvalue weighted by molar-refractivity contribution is 7.91. The number of anilines is 2. The highest BCUT2D eigenvalue weighted by Crippen LogP contribution is 2.33. The van der Waals surface area contributed by atoms with Crippen LogP contribution in [0.15, 0.2) is 34.1 Å². The summed E-state index contributed by atoms with van der Waals surface area (Å²) in [6, 6.07) is 2.74. The molecular formula is C12H10F2N2O4S. The van der Waals surface area contributed by atoms with Crippen molar-refractivity contribution < 1.29 is 27.4 Å². The van der Waals surface area contributed by atoms with Crippen molar-refractivity contribution in [1.29, 1.82) is 0 Å². The topological polar surface area (TPSA) is 127 Å². The van der Waals surface area contributed by atoms with Gasteiger partial charge in [0.2, 0.25) is 9.84 Å². The Morgan fingerprint density at radius 2 is 1.14 bits per heavy atom. The maximum Gasteiger partial charge on any atom is 0.206 e. The molecule has 0 radical (unpaired) electrons. The lowest BCUT2D eigenvalue weighted by molar-refractivity contribution is 0.433. The Balaban J connectivity index is 2.68. The van der Waals surface area contributed by atoms with Gasteiger partial charge in [0.25, 0.3) is 0 Å². The molecule has 2 rings (SSSR count). The number of hydrogen-bond acceptors (Lipinski definition) is 6. The molecule has 0 atom stereocenters. The summed E-state index contributed by atoms with van der Waals surface area (Å²) in [7, 11) is -4.32. The molecule has 0 saturated carbocycles. The Morgan fingerprint density at radius 1 is 0.810 bits per heavy atom. The first-order chi connectivity index (χ1) is 9.64. The Bertz CT molecular complexity index is 728. The van der Waals surface area contributed by atoms with Gasteiger partial charge >= 0.3 is 0 Å². The van der Waals surface area contributed by atoms with Crippen LogP contribution < -0.4 is 11.5 Å². The van der Waals surface area contributed by atoms with E-state index in [0.29, 0.717) is 12.1 Å². The van der Waals surface area contributed by atoms with Gasteiger partial charge < -0.3 is 21.7 Å². The smallest absolute Gasteiger partial charge is 0.206 e. The highest BCUT2D eigenvalue weighted by Gasteiger charge is 2.23. The number of benzene rings is 2. The van der Waals surface area contributed by atoms with Gasteiger partial charge in [-0.25, -0.2) is 17.2 Å². The largest absolute Gasteiger partial charge is 0.503 e. The van der Waals surface area contributed by atoms with Crippen LogP contribution in [0, 0.1) is 11.6 Å².